The van der Waals surface area contributed by atoms with Gasteiger partial charge in [0.05, 0.1) is 11.7 Å². The lowest BCUT2D eigenvalue weighted by Gasteiger charge is -2.25. The third kappa shape index (κ3) is 2.77. The molecule has 1 amide bonds. The Morgan fingerprint density at radius 2 is 2.08 bits per heavy atom. The molecule has 5 nitrogen and oxygen atoms in total. The van der Waals surface area contributed by atoms with Crippen LogP contribution in [0.15, 0.2) is 47.8 Å². The van der Waals surface area contributed by atoms with Crippen LogP contribution in [0.25, 0.3) is 11.3 Å². The fourth-order valence-corrected chi connectivity index (χ4v) is 4.21. The first kappa shape index (κ1) is 16.1. The Labute approximate surface area is 150 Å². The molecule has 0 saturated heterocycles. The summed E-state index contributed by atoms with van der Waals surface area (Å²) in [4.78, 5) is 16.0. The average Bonchev–Trinajstić information content (AvgIpc) is 3.35. The van der Waals surface area contributed by atoms with E-state index in [1.54, 1.807) is 18.4 Å². The number of carbonyl (C=O) groups is 1. The van der Waals surface area contributed by atoms with Crippen molar-refractivity contribution in [2.45, 2.75) is 12.5 Å². The molecule has 0 saturated carbocycles. The summed E-state index contributed by atoms with van der Waals surface area (Å²) in [6, 6.07) is 14.0. The fraction of sp³-hybridized carbons (Fsp3) is 0.263. The van der Waals surface area contributed by atoms with Gasteiger partial charge in [0.1, 0.15) is 5.69 Å². The third-order valence-electron chi connectivity index (χ3n) is 4.47. The number of nitrogens with zero attached hydrogens (tertiary/aromatic N) is 2. The average molecular weight is 353 g/mol. The molecule has 1 N–H and O–H groups in total. The second kappa shape index (κ2) is 6.82. The quantitative estimate of drug-likeness (QED) is 0.687. The van der Waals surface area contributed by atoms with Crippen LogP contribution < -0.4 is 0 Å². The second-order valence-electron chi connectivity index (χ2n) is 5.99. The number of hydrogen-bond acceptors (Lipinski definition) is 4. The van der Waals surface area contributed by atoms with E-state index in [0.717, 1.165) is 28.1 Å². The summed E-state index contributed by atoms with van der Waals surface area (Å²) in [7, 11) is 1.68. The molecule has 25 heavy (non-hydrogen) atoms. The standard InChI is InChI=1S/C19H19N3O2S/c1-24-11-6-10-22-18(14-9-5-12-25-14)15-16(13-7-3-2-4-8-13)20-21-17(15)19(22)23/h2-5,7-9,12,18H,6,10-11H2,1H3,(H,20,21). The van der Waals surface area contributed by atoms with Gasteiger partial charge in [0.2, 0.25) is 0 Å². The van der Waals surface area contributed by atoms with Gasteiger partial charge in [0, 0.05) is 36.3 Å². The number of nitrogens with one attached hydrogen (secondary N) is 1. The molecule has 3 heterocycles. The van der Waals surface area contributed by atoms with Crippen molar-refractivity contribution in [2.75, 3.05) is 20.3 Å². The summed E-state index contributed by atoms with van der Waals surface area (Å²) >= 11 is 1.67. The van der Waals surface area contributed by atoms with E-state index in [0.29, 0.717) is 18.8 Å². The van der Waals surface area contributed by atoms with Gasteiger partial charge in [0.25, 0.3) is 5.91 Å². The number of aromatic amines is 1. The molecule has 1 aliphatic rings. The monoisotopic (exact) mass is 353 g/mol. The van der Waals surface area contributed by atoms with E-state index in [1.807, 2.05) is 46.7 Å². The van der Waals surface area contributed by atoms with Crippen LogP contribution in [0.2, 0.25) is 0 Å². The summed E-state index contributed by atoms with van der Waals surface area (Å²) in [6.07, 6.45) is 0.808. The van der Waals surface area contributed by atoms with E-state index in [4.69, 9.17) is 4.74 Å². The van der Waals surface area contributed by atoms with Gasteiger partial charge in [-0.2, -0.15) is 5.10 Å². The van der Waals surface area contributed by atoms with E-state index in [-0.39, 0.29) is 11.9 Å². The lowest BCUT2D eigenvalue weighted by atomic mass is 10.0. The Balaban J connectivity index is 1.79. The van der Waals surface area contributed by atoms with Crippen LogP contribution >= 0.6 is 11.3 Å². The summed E-state index contributed by atoms with van der Waals surface area (Å²) in [5.41, 5.74) is 3.47. The van der Waals surface area contributed by atoms with Gasteiger partial charge in [-0.05, 0) is 17.9 Å². The van der Waals surface area contributed by atoms with Crippen LogP contribution in [0.1, 0.15) is 33.4 Å². The maximum absolute atomic E-state index is 13.0. The fourth-order valence-electron chi connectivity index (χ4n) is 3.37. The Hall–Kier alpha value is -2.44. The molecule has 1 aliphatic heterocycles. The predicted molar refractivity (Wildman–Crippen MR) is 97.7 cm³/mol. The number of hydrogen-bond donors (Lipinski definition) is 1. The van der Waals surface area contributed by atoms with Crippen LogP contribution in [0.3, 0.4) is 0 Å². The highest BCUT2D eigenvalue weighted by Crippen LogP contribution is 2.43. The molecule has 0 spiro atoms. The van der Waals surface area contributed by atoms with E-state index < -0.39 is 0 Å². The lowest BCUT2D eigenvalue weighted by molar-refractivity contribution is 0.0725. The van der Waals surface area contributed by atoms with Crippen molar-refractivity contribution < 1.29 is 9.53 Å². The highest BCUT2D eigenvalue weighted by Gasteiger charge is 2.42. The molecule has 0 bridgehead atoms. The third-order valence-corrected chi connectivity index (χ3v) is 5.40. The number of rotatable bonds is 6. The Bertz CT molecular complexity index is 858. The largest absolute Gasteiger partial charge is 0.385 e. The maximum atomic E-state index is 13.0. The molecule has 1 unspecified atom stereocenters. The van der Waals surface area contributed by atoms with Gasteiger partial charge in [0.15, 0.2) is 0 Å². The van der Waals surface area contributed by atoms with Crippen molar-refractivity contribution in [3.63, 3.8) is 0 Å². The number of benzene rings is 1. The molecule has 2 aromatic heterocycles. The number of carbonyl (C=O) groups excluding carboxylic acids is 1. The number of fused-ring (bicyclic) bond motifs is 1. The normalized spacial score (nSPS) is 16.4. The zero-order valence-electron chi connectivity index (χ0n) is 13.9. The van der Waals surface area contributed by atoms with Gasteiger partial charge < -0.3 is 9.64 Å². The first-order valence-corrected chi connectivity index (χ1v) is 9.16. The summed E-state index contributed by atoms with van der Waals surface area (Å²) in [5, 5.41) is 9.48. The number of ether oxygens (including phenoxy) is 1. The van der Waals surface area contributed by atoms with Crippen LogP contribution in [-0.4, -0.2) is 41.3 Å². The topological polar surface area (TPSA) is 58.2 Å². The summed E-state index contributed by atoms with van der Waals surface area (Å²) < 4.78 is 5.16. The van der Waals surface area contributed by atoms with E-state index in [1.165, 1.54) is 0 Å². The van der Waals surface area contributed by atoms with Crippen molar-refractivity contribution in [2.24, 2.45) is 0 Å². The minimum absolute atomic E-state index is 0.0131. The molecule has 0 radical (unpaired) electrons. The Morgan fingerprint density at radius 1 is 1.24 bits per heavy atom. The molecular formula is C19H19N3O2S. The minimum Gasteiger partial charge on any atom is -0.385 e. The number of methoxy groups -OCH3 is 1. The first-order chi connectivity index (χ1) is 12.3. The zero-order valence-corrected chi connectivity index (χ0v) is 14.8. The van der Waals surface area contributed by atoms with E-state index in [9.17, 15) is 4.79 Å². The highest BCUT2D eigenvalue weighted by molar-refractivity contribution is 7.10. The molecule has 0 fully saturated rings. The lowest BCUT2D eigenvalue weighted by Crippen LogP contribution is -2.30. The van der Waals surface area contributed by atoms with Crippen molar-refractivity contribution >= 4 is 17.2 Å². The zero-order chi connectivity index (χ0) is 17.2. The van der Waals surface area contributed by atoms with Gasteiger partial charge in [-0.25, -0.2) is 0 Å². The number of amides is 1. The molecule has 4 rings (SSSR count). The van der Waals surface area contributed by atoms with Crippen LogP contribution in [0.4, 0.5) is 0 Å². The van der Waals surface area contributed by atoms with Crippen LogP contribution in [0.5, 0.6) is 0 Å². The van der Waals surface area contributed by atoms with Crippen molar-refractivity contribution in [1.29, 1.82) is 0 Å². The van der Waals surface area contributed by atoms with Gasteiger partial charge in [-0.15, -0.1) is 11.3 Å². The Kier molecular flexibility index (Phi) is 4.38. The molecule has 0 aliphatic carbocycles. The minimum atomic E-state index is -0.0895. The van der Waals surface area contributed by atoms with Crippen molar-refractivity contribution in [3.05, 3.63) is 64.0 Å². The molecule has 128 valence electrons. The first-order valence-electron chi connectivity index (χ1n) is 8.28. The van der Waals surface area contributed by atoms with Gasteiger partial charge in [-0.3, -0.25) is 9.89 Å². The number of thiophene rings is 1. The summed E-state index contributed by atoms with van der Waals surface area (Å²) in [6.45, 7) is 1.30. The molecule has 3 aromatic rings. The molecule has 6 heteroatoms. The SMILES string of the molecule is COCCCN1C(=O)c2[nH]nc(-c3ccccc3)c2C1c1cccs1. The highest BCUT2D eigenvalue weighted by atomic mass is 32.1. The van der Waals surface area contributed by atoms with Gasteiger partial charge >= 0.3 is 0 Å². The van der Waals surface area contributed by atoms with Crippen LogP contribution in [0, 0.1) is 0 Å². The number of H-pyrrole nitrogens is 1. The van der Waals surface area contributed by atoms with E-state index in [2.05, 4.69) is 16.3 Å². The smallest absolute Gasteiger partial charge is 0.273 e. The van der Waals surface area contributed by atoms with Gasteiger partial charge in [-0.1, -0.05) is 36.4 Å². The molecular weight excluding hydrogens is 334 g/mol. The molecule has 1 aromatic carbocycles. The Morgan fingerprint density at radius 3 is 2.80 bits per heavy atom. The summed E-state index contributed by atoms with van der Waals surface area (Å²) in [5.74, 6) is 0.0131. The molecule has 1 atom stereocenters. The predicted octanol–water partition coefficient (Wildman–Crippen LogP) is 3.72. The number of aromatic nitrogens is 2. The maximum Gasteiger partial charge on any atom is 0.273 e. The van der Waals surface area contributed by atoms with E-state index >= 15 is 0 Å². The second-order valence-corrected chi connectivity index (χ2v) is 6.97. The van der Waals surface area contributed by atoms with Crippen molar-refractivity contribution in [1.82, 2.24) is 15.1 Å². The van der Waals surface area contributed by atoms with Crippen LogP contribution in [-0.2, 0) is 4.74 Å². The van der Waals surface area contributed by atoms with Crippen molar-refractivity contribution in [3.8, 4) is 11.3 Å².